The molecule has 6 nitrogen and oxygen atoms in total. The molecule has 0 spiro atoms. The van der Waals surface area contributed by atoms with Crippen molar-refractivity contribution >= 4 is 17.5 Å². The molecule has 0 saturated heterocycles. The van der Waals surface area contributed by atoms with Crippen molar-refractivity contribution in [3.8, 4) is 17.2 Å². The number of nitrogens with zero attached hydrogens (tertiary/aromatic N) is 2. The first-order valence-corrected chi connectivity index (χ1v) is 8.47. The van der Waals surface area contributed by atoms with Crippen LogP contribution in [0.25, 0.3) is 5.69 Å². The van der Waals surface area contributed by atoms with Crippen LogP contribution < -0.4 is 14.8 Å². The lowest BCUT2D eigenvalue weighted by Crippen LogP contribution is -2.23. The molecule has 1 amide bonds. The third kappa shape index (κ3) is 3.11. The molecule has 1 aliphatic rings. The predicted octanol–water partition coefficient (Wildman–Crippen LogP) is 3.49. The lowest BCUT2D eigenvalue weighted by molar-refractivity contribution is 0.0950. The average Bonchev–Trinajstić information content (AvgIpc) is 3.26. The number of hydrogen-bond acceptors (Lipinski definition) is 4. The van der Waals surface area contributed by atoms with Crippen LogP contribution in [0.3, 0.4) is 0 Å². The van der Waals surface area contributed by atoms with Gasteiger partial charge in [0.15, 0.2) is 11.5 Å². The summed E-state index contributed by atoms with van der Waals surface area (Å²) in [4.78, 5) is 12.5. The van der Waals surface area contributed by atoms with E-state index in [4.69, 9.17) is 21.1 Å². The number of benzene rings is 2. The van der Waals surface area contributed by atoms with Crippen LogP contribution >= 0.6 is 11.6 Å². The summed E-state index contributed by atoms with van der Waals surface area (Å²) in [5.41, 5.74) is 3.07. The molecule has 2 aromatic carbocycles. The summed E-state index contributed by atoms with van der Waals surface area (Å²) < 4.78 is 12.4. The second kappa shape index (κ2) is 6.72. The molecule has 1 aromatic heterocycles. The van der Waals surface area contributed by atoms with E-state index in [0.29, 0.717) is 22.9 Å². The van der Waals surface area contributed by atoms with Crippen LogP contribution in [0, 0.1) is 6.92 Å². The number of fused-ring (bicyclic) bond motifs is 1. The van der Waals surface area contributed by atoms with Gasteiger partial charge in [-0.1, -0.05) is 17.7 Å². The largest absolute Gasteiger partial charge is 0.454 e. The van der Waals surface area contributed by atoms with E-state index in [1.807, 2.05) is 37.3 Å². The van der Waals surface area contributed by atoms with Gasteiger partial charge in [0.1, 0.15) is 0 Å². The summed E-state index contributed by atoms with van der Waals surface area (Å²) in [7, 11) is 0. The van der Waals surface area contributed by atoms with Gasteiger partial charge in [0.25, 0.3) is 5.91 Å². The molecule has 0 fully saturated rings. The Hall–Kier alpha value is -2.99. The zero-order valence-electron chi connectivity index (χ0n) is 14.0. The molecule has 3 aromatic rings. The molecular weight excluding hydrogens is 354 g/mol. The first-order chi connectivity index (χ1) is 12.6. The van der Waals surface area contributed by atoms with Crippen LogP contribution in [0.4, 0.5) is 0 Å². The van der Waals surface area contributed by atoms with Crippen LogP contribution in [0.2, 0.25) is 5.02 Å². The van der Waals surface area contributed by atoms with E-state index in [0.717, 1.165) is 22.7 Å². The van der Waals surface area contributed by atoms with Gasteiger partial charge in [0, 0.05) is 11.6 Å². The van der Waals surface area contributed by atoms with E-state index in [1.54, 1.807) is 23.0 Å². The van der Waals surface area contributed by atoms with E-state index in [1.165, 1.54) is 0 Å². The van der Waals surface area contributed by atoms with Crippen molar-refractivity contribution in [3.05, 3.63) is 70.5 Å². The smallest absolute Gasteiger partial charge is 0.255 e. The van der Waals surface area contributed by atoms with Crippen LogP contribution in [-0.4, -0.2) is 22.5 Å². The van der Waals surface area contributed by atoms with Crippen LogP contribution in [0.15, 0.2) is 48.7 Å². The van der Waals surface area contributed by atoms with Gasteiger partial charge in [-0.15, -0.1) is 0 Å². The van der Waals surface area contributed by atoms with Crippen molar-refractivity contribution < 1.29 is 14.3 Å². The molecule has 1 N–H and O–H groups in total. The Morgan fingerprint density at radius 1 is 1.19 bits per heavy atom. The molecular formula is C19H16ClN3O3. The van der Waals surface area contributed by atoms with Gasteiger partial charge in [-0.05, 0) is 48.9 Å². The number of carbonyl (C=O) groups excluding carboxylic acids is 1. The third-order valence-corrected chi connectivity index (χ3v) is 4.47. The summed E-state index contributed by atoms with van der Waals surface area (Å²) in [5, 5.41) is 7.88. The average molecular weight is 370 g/mol. The number of hydrogen-bond donors (Lipinski definition) is 1. The number of carbonyl (C=O) groups is 1. The van der Waals surface area contributed by atoms with Gasteiger partial charge in [-0.2, -0.15) is 5.10 Å². The van der Waals surface area contributed by atoms with E-state index < -0.39 is 0 Å². The monoisotopic (exact) mass is 369 g/mol. The minimum Gasteiger partial charge on any atom is -0.454 e. The minimum absolute atomic E-state index is 0.180. The third-order valence-electron chi connectivity index (χ3n) is 4.22. The topological polar surface area (TPSA) is 65.4 Å². The molecule has 4 rings (SSSR count). The summed E-state index contributed by atoms with van der Waals surface area (Å²) in [6.07, 6.45) is 1.57. The van der Waals surface area contributed by atoms with Gasteiger partial charge < -0.3 is 14.8 Å². The van der Waals surface area contributed by atoms with Gasteiger partial charge in [-0.25, -0.2) is 4.68 Å². The number of aromatic nitrogens is 2. The maximum atomic E-state index is 12.5. The first kappa shape index (κ1) is 16.5. The Labute approximate surface area is 155 Å². The molecule has 0 aliphatic carbocycles. The van der Waals surface area contributed by atoms with E-state index in [9.17, 15) is 4.79 Å². The molecule has 0 bridgehead atoms. The maximum absolute atomic E-state index is 12.5. The maximum Gasteiger partial charge on any atom is 0.255 e. The highest BCUT2D eigenvalue weighted by molar-refractivity contribution is 6.30. The Balaban J connectivity index is 1.47. The van der Waals surface area contributed by atoms with Gasteiger partial charge in [-0.3, -0.25) is 4.79 Å². The quantitative estimate of drug-likeness (QED) is 0.764. The van der Waals surface area contributed by atoms with Gasteiger partial charge in [0.2, 0.25) is 6.79 Å². The molecule has 1 aliphatic heterocycles. The fourth-order valence-electron chi connectivity index (χ4n) is 2.80. The van der Waals surface area contributed by atoms with Crippen LogP contribution in [-0.2, 0) is 6.54 Å². The number of halogens is 1. The number of rotatable bonds is 4. The van der Waals surface area contributed by atoms with Crippen molar-refractivity contribution in [2.24, 2.45) is 0 Å². The summed E-state index contributed by atoms with van der Waals surface area (Å²) in [6, 6.07) is 12.9. The van der Waals surface area contributed by atoms with Crippen molar-refractivity contribution in [1.82, 2.24) is 15.1 Å². The Bertz CT molecular complexity index is 967. The molecule has 26 heavy (non-hydrogen) atoms. The van der Waals surface area contributed by atoms with Gasteiger partial charge in [0.05, 0.1) is 23.1 Å². The summed E-state index contributed by atoms with van der Waals surface area (Å²) in [6.45, 7) is 2.48. The number of ether oxygens (including phenoxy) is 2. The lowest BCUT2D eigenvalue weighted by Gasteiger charge is -2.07. The van der Waals surface area contributed by atoms with Crippen LogP contribution in [0.1, 0.15) is 21.6 Å². The van der Waals surface area contributed by atoms with E-state index >= 15 is 0 Å². The van der Waals surface area contributed by atoms with Crippen molar-refractivity contribution in [1.29, 1.82) is 0 Å². The zero-order valence-corrected chi connectivity index (χ0v) is 14.8. The fraction of sp³-hybridized carbons (Fsp3) is 0.158. The Morgan fingerprint density at radius 3 is 2.77 bits per heavy atom. The second-order valence-corrected chi connectivity index (χ2v) is 6.34. The summed E-state index contributed by atoms with van der Waals surface area (Å²) >= 11 is 5.92. The molecule has 0 unspecified atom stereocenters. The second-order valence-electron chi connectivity index (χ2n) is 5.90. The molecule has 0 saturated carbocycles. The van der Waals surface area contributed by atoms with Gasteiger partial charge >= 0.3 is 0 Å². The lowest BCUT2D eigenvalue weighted by atomic mass is 10.2. The highest BCUT2D eigenvalue weighted by atomic mass is 35.5. The van der Waals surface area contributed by atoms with Crippen molar-refractivity contribution in [3.63, 3.8) is 0 Å². The van der Waals surface area contributed by atoms with Crippen molar-refractivity contribution in [2.45, 2.75) is 13.5 Å². The molecule has 132 valence electrons. The highest BCUT2D eigenvalue weighted by Gasteiger charge is 2.16. The molecule has 7 heteroatoms. The van der Waals surface area contributed by atoms with Crippen molar-refractivity contribution in [2.75, 3.05) is 6.79 Å². The Morgan fingerprint density at radius 2 is 1.96 bits per heavy atom. The molecule has 2 heterocycles. The fourth-order valence-corrected chi connectivity index (χ4v) is 2.93. The number of nitrogens with one attached hydrogen (secondary N) is 1. The Kier molecular flexibility index (Phi) is 4.26. The minimum atomic E-state index is -0.180. The highest BCUT2D eigenvalue weighted by Crippen LogP contribution is 2.32. The normalized spacial score (nSPS) is 12.2. The number of amides is 1. The molecule has 0 radical (unpaired) electrons. The predicted molar refractivity (Wildman–Crippen MR) is 97.0 cm³/mol. The van der Waals surface area contributed by atoms with E-state index in [-0.39, 0.29) is 12.7 Å². The van der Waals surface area contributed by atoms with Crippen LogP contribution in [0.5, 0.6) is 11.5 Å². The summed E-state index contributed by atoms with van der Waals surface area (Å²) in [5.74, 6) is 1.24. The SMILES string of the molecule is Cc1c(C(=O)NCc2ccc3c(c2)OCO3)cnn1-c1ccc(Cl)cc1. The van der Waals surface area contributed by atoms with E-state index in [2.05, 4.69) is 10.4 Å². The standard InChI is InChI=1S/C19H16ClN3O3/c1-12-16(10-22-23(12)15-5-3-14(20)4-6-15)19(24)21-9-13-2-7-17-18(8-13)26-11-25-17/h2-8,10H,9,11H2,1H3,(H,21,24). The zero-order chi connectivity index (χ0) is 18.1. The first-order valence-electron chi connectivity index (χ1n) is 8.09. The molecule has 0 atom stereocenters.